The Labute approximate surface area is 75.4 Å². The second-order valence-corrected chi connectivity index (χ2v) is 2.07. The van der Waals surface area contributed by atoms with Crippen LogP contribution in [0.3, 0.4) is 0 Å². The minimum atomic E-state index is 0. The van der Waals surface area contributed by atoms with Crippen molar-refractivity contribution in [3.8, 4) is 11.4 Å². The number of rotatable bonds is 1. The van der Waals surface area contributed by atoms with Crippen LogP contribution >= 0.6 is 12.4 Å². The molecule has 0 saturated carbocycles. The third kappa shape index (κ3) is 1.60. The molecule has 0 saturated heterocycles. The van der Waals surface area contributed by atoms with Crippen LogP contribution in [0.5, 0.6) is 0 Å². The van der Waals surface area contributed by atoms with Crippen LogP contribution in [-0.4, -0.2) is 20.4 Å². The van der Waals surface area contributed by atoms with Crippen LogP contribution < -0.4 is 0 Å². The van der Waals surface area contributed by atoms with Gasteiger partial charge in [-0.25, -0.2) is 0 Å². The van der Waals surface area contributed by atoms with Crippen LogP contribution in [0.1, 0.15) is 0 Å². The van der Waals surface area contributed by atoms with Crippen LogP contribution in [0.15, 0.2) is 30.6 Å². The van der Waals surface area contributed by atoms with Crippen molar-refractivity contribution < 1.29 is 0 Å². The third-order valence-corrected chi connectivity index (χ3v) is 1.34. The van der Waals surface area contributed by atoms with Gasteiger partial charge < -0.3 is 0 Å². The van der Waals surface area contributed by atoms with Crippen molar-refractivity contribution in [3.63, 3.8) is 0 Å². The van der Waals surface area contributed by atoms with Crippen LogP contribution in [0.25, 0.3) is 11.4 Å². The molecule has 4 nitrogen and oxygen atoms in total. The van der Waals surface area contributed by atoms with Crippen LogP contribution in [0.4, 0.5) is 0 Å². The van der Waals surface area contributed by atoms with E-state index in [4.69, 9.17) is 0 Å². The number of nitrogens with one attached hydrogen (secondary N) is 1. The number of hydrogen-bond donors (Lipinski definition) is 1. The second-order valence-electron chi connectivity index (χ2n) is 2.07. The van der Waals surface area contributed by atoms with Gasteiger partial charge in [-0.05, 0) is 12.1 Å². The fourth-order valence-electron chi connectivity index (χ4n) is 0.839. The zero-order valence-electron chi connectivity index (χ0n) is 6.14. The van der Waals surface area contributed by atoms with Gasteiger partial charge in [-0.2, -0.15) is 15.4 Å². The van der Waals surface area contributed by atoms with Gasteiger partial charge in [-0.15, -0.1) is 12.4 Å². The molecule has 0 aromatic carbocycles. The van der Waals surface area contributed by atoms with Crippen LogP contribution in [0, 0.1) is 0 Å². The maximum absolute atomic E-state index is 4.10. The molecule has 0 spiro atoms. The van der Waals surface area contributed by atoms with E-state index >= 15 is 0 Å². The van der Waals surface area contributed by atoms with E-state index in [-0.39, 0.29) is 12.4 Å². The number of nitrogens with zero attached hydrogens (tertiary/aromatic N) is 3. The molecule has 0 radical (unpaired) electrons. The van der Waals surface area contributed by atoms with Gasteiger partial charge in [0.25, 0.3) is 0 Å². The molecule has 2 heterocycles. The predicted octanol–water partition coefficient (Wildman–Crippen LogP) is 1.29. The van der Waals surface area contributed by atoms with E-state index in [9.17, 15) is 0 Å². The zero-order chi connectivity index (χ0) is 7.52. The number of pyridine rings is 1. The summed E-state index contributed by atoms with van der Waals surface area (Å²) in [5.74, 6) is 0. The minimum absolute atomic E-state index is 0. The van der Waals surface area contributed by atoms with E-state index in [2.05, 4.69) is 20.4 Å². The molecule has 12 heavy (non-hydrogen) atoms. The van der Waals surface area contributed by atoms with E-state index in [0.29, 0.717) is 0 Å². The van der Waals surface area contributed by atoms with Gasteiger partial charge in [0.05, 0.1) is 11.9 Å². The lowest BCUT2D eigenvalue weighted by Crippen LogP contribution is -1.80. The SMILES string of the molecule is Cl.c1ccc(-c2cn[nH]n2)nc1. The summed E-state index contributed by atoms with van der Waals surface area (Å²) in [5, 5.41) is 10.1. The Morgan fingerprint density at radius 1 is 1.17 bits per heavy atom. The Morgan fingerprint density at radius 3 is 2.67 bits per heavy atom. The van der Waals surface area contributed by atoms with Gasteiger partial charge in [0.2, 0.25) is 0 Å². The third-order valence-electron chi connectivity index (χ3n) is 1.34. The largest absolute Gasteiger partial charge is 0.254 e. The fourth-order valence-corrected chi connectivity index (χ4v) is 0.839. The number of H-pyrrole nitrogens is 1. The Bertz CT molecular complexity index is 318. The van der Waals surface area contributed by atoms with Gasteiger partial charge in [-0.3, -0.25) is 4.98 Å². The van der Waals surface area contributed by atoms with E-state index < -0.39 is 0 Å². The zero-order valence-corrected chi connectivity index (χ0v) is 6.95. The topological polar surface area (TPSA) is 54.5 Å². The van der Waals surface area contributed by atoms with Gasteiger partial charge in [0.1, 0.15) is 5.69 Å². The van der Waals surface area contributed by atoms with Gasteiger partial charge >= 0.3 is 0 Å². The first kappa shape index (κ1) is 8.67. The lowest BCUT2D eigenvalue weighted by molar-refractivity contribution is 0.941. The average Bonchev–Trinajstić information content (AvgIpc) is 2.58. The first-order valence-electron chi connectivity index (χ1n) is 3.24. The summed E-state index contributed by atoms with van der Waals surface area (Å²) in [6.07, 6.45) is 3.37. The first-order chi connectivity index (χ1) is 5.47. The van der Waals surface area contributed by atoms with Crippen molar-refractivity contribution in [3.05, 3.63) is 30.6 Å². The van der Waals surface area contributed by atoms with Gasteiger partial charge in [0.15, 0.2) is 0 Å². The fraction of sp³-hybridized carbons (Fsp3) is 0. The highest BCUT2D eigenvalue weighted by molar-refractivity contribution is 5.85. The molecule has 62 valence electrons. The first-order valence-corrected chi connectivity index (χ1v) is 3.24. The molecular weight excluding hydrogens is 176 g/mol. The van der Waals surface area contributed by atoms with Crippen molar-refractivity contribution in [1.29, 1.82) is 0 Å². The lowest BCUT2D eigenvalue weighted by atomic mass is 10.3. The monoisotopic (exact) mass is 182 g/mol. The molecule has 0 bridgehead atoms. The number of halogens is 1. The number of hydrogen-bond acceptors (Lipinski definition) is 3. The Morgan fingerprint density at radius 2 is 2.08 bits per heavy atom. The molecule has 1 N–H and O–H groups in total. The molecule has 0 unspecified atom stereocenters. The summed E-state index contributed by atoms with van der Waals surface area (Å²) in [7, 11) is 0. The van der Waals surface area contributed by atoms with Crippen molar-refractivity contribution >= 4 is 12.4 Å². The van der Waals surface area contributed by atoms with E-state index in [0.717, 1.165) is 11.4 Å². The lowest BCUT2D eigenvalue weighted by Gasteiger charge is -1.89. The quantitative estimate of drug-likeness (QED) is 0.723. The summed E-state index contributed by atoms with van der Waals surface area (Å²) >= 11 is 0. The maximum atomic E-state index is 4.10. The van der Waals surface area contributed by atoms with Crippen molar-refractivity contribution in [2.75, 3.05) is 0 Å². The average molecular weight is 183 g/mol. The number of aromatic amines is 1. The molecule has 2 aromatic rings. The Balaban J connectivity index is 0.000000720. The standard InChI is InChI=1S/C7H6N4.ClH/c1-2-4-8-6(3-1)7-5-9-11-10-7;/h1-5H,(H,9,10,11);1H. The van der Waals surface area contributed by atoms with E-state index in [1.165, 1.54) is 0 Å². The summed E-state index contributed by atoms with van der Waals surface area (Å²) < 4.78 is 0. The Hall–Kier alpha value is -1.42. The molecule has 0 amide bonds. The number of aromatic nitrogens is 4. The highest BCUT2D eigenvalue weighted by Crippen LogP contribution is 2.09. The molecule has 0 fully saturated rings. The van der Waals surface area contributed by atoms with Crippen LogP contribution in [0.2, 0.25) is 0 Å². The molecule has 0 atom stereocenters. The molecule has 0 aliphatic rings. The Kier molecular flexibility index (Phi) is 2.76. The molecule has 0 aliphatic carbocycles. The predicted molar refractivity (Wildman–Crippen MR) is 46.9 cm³/mol. The summed E-state index contributed by atoms with van der Waals surface area (Å²) in [4.78, 5) is 4.10. The van der Waals surface area contributed by atoms with Crippen LogP contribution in [-0.2, 0) is 0 Å². The minimum Gasteiger partial charge on any atom is -0.254 e. The van der Waals surface area contributed by atoms with E-state index in [1.54, 1.807) is 12.4 Å². The normalized spacial score (nSPS) is 9.00. The molecule has 0 aliphatic heterocycles. The van der Waals surface area contributed by atoms with Gasteiger partial charge in [-0.1, -0.05) is 6.07 Å². The summed E-state index contributed by atoms with van der Waals surface area (Å²) in [5.41, 5.74) is 1.60. The highest BCUT2D eigenvalue weighted by Gasteiger charge is 1.98. The summed E-state index contributed by atoms with van der Waals surface area (Å²) in [6, 6.07) is 5.67. The summed E-state index contributed by atoms with van der Waals surface area (Å²) in [6.45, 7) is 0. The van der Waals surface area contributed by atoms with Crippen molar-refractivity contribution in [2.24, 2.45) is 0 Å². The molecule has 2 rings (SSSR count). The van der Waals surface area contributed by atoms with Gasteiger partial charge in [0, 0.05) is 6.20 Å². The molecule has 2 aromatic heterocycles. The van der Waals surface area contributed by atoms with Crippen molar-refractivity contribution in [1.82, 2.24) is 20.4 Å². The van der Waals surface area contributed by atoms with E-state index in [1.807, 2.05) is 18.2 Å². The maximum Gasteiger partial charge on any atom is 0.131 e. The van der Waals surface area contributed by atoms with Crippen molar-refractivity contribution in [2.45, 2.75) is 0 Å². The smallest absolute Gasteiger partial charge is 0.131 e. The molecular formula is C7H7ClN4. The highest BCUT2D eigenvalue weighted by atomic mass is 35.5. The second kappa shape index (κ2) is 3.82. The molecule has 5 heteroatoms.